The number of thiocarbonyl (C=S) groups is 1. The maximum atomic E-state index is 12.3. The topological polar surface area (TPSA) is 82.4 Å². The fraction of sp³-hybridized carbons (Fsp3) is 0.200. The Labute approximate surface area is 143 Å². The molecule has 0 aliphatic carbocycles. The normalized spacial score (nSPS) is 15.8. The van der Waals surface area contributed by atoms with Gasteiger partial charge in [-0.25, -0.2) is 10.4 Å². The molecule has 0 unspecified atom stereocenters. The summed E-state index contributed by atoms with van der Waals surface area (Å²) in [4.78, 5) is 24.1. The van der Waals surface area contributed by atoms with E-state index in [-0.39, 0.29) is 19.1 Å². The molecule has 0 bridgehead atoms. The van der Waals surface area contributed by atoms with E-state index in [9.17, 15) is 9.59 Å². The molecule has 118 valence electrons. The van der Waals surface area contributed by atoms with Crippen LogP contribution in [-0.4, -0.2) is 34.4 Å². The molecular formula is C15H13N3O3S2. The molecule has 0 saturated carbocycles. The Hall–Kier alpha value is -2.21. The summed E-state index contributed by atoms with van der Waals surface area (Å²) in [6.45, 7) is 1.85. The Balaban J connectivity index is 2.06. The van der Waals surface area contributed by atoms with E-state index in [4.69, 9.17) is 22.2 Å². The molecule has 23 heavy (non-hydrogen) atoms. The minimum absolute atomic E-state index is 0.134. The van der Waals surface area contributed by atoms with Crippen LogP contribution in [0.2, 0.25) is 0 Å². The van der Waals surface area contributed by atoms with Gasteiger partial charge in [-0.2, -0.15) is 5.26 Å². The third kappa shape index (κ3) is 4.39. The zero-order chi connectivity index (χ0) is 16.8. The van der Waals surface area contributed by atoms with E-state index in [0.29, 0.717) is 14.8 Å². The summed E-state index contributed by atoms with van der Waals surface area (Å²) in [5.41, 5.74) is 4.00. The van der Waals surface area contributed by atoms with E-state index >= 15 is 0 Å². The van der Waals surface area contributed by atoms with Gasteiger partial charge in [-0.1, -0.05) is 36.1 Å². The molecule has 0 spiro atoms. The van der Waals surface area contributed by atoms with Gasteiger partial charge in [0, 0.05) is 0 Å². The summed E-state index contributed by atoms with van der Waals surface area (Å²) in [6, 6.07) is 8.87. The number of benzene rings is 1. The van der Waals surface area contributed by atoms with E-state index in [2.05, 4.69) is 5.43 Å². The van der Waals surface area contributed by atoms with Crippen molar-refractivity contribution in [2.24, 2.45) is 0 Å². The van der Waals surface area contributed by atoms with Gasteiger partial charge in [0.05, 0.1) is 23.1 Å². The third-order valence-corrected chi connectivity index (χ3v) is 4.12. The van der Waals surface area contributed by atoms with Gasteiger partial charge in [-0.05, 0) is 30.7 Å². The van der Waals surface area contributed by atoms with E-state index in [1.807, 2.05) is 6.07 Å². The Kier molecular flexibility index (Phi) is 5.87. The van der Waals surface area contributed by atoms with Crippen molar-refractivity contribution < 1.29 is 14.3 Å². The number of hydrogen-bond donors (Lipinski definition) is 1. The molecule has 1 saturated heterocycles. The summed E-state index contributed by atoms with van der Waals surface area (Å²) < 4.78 is 5.10. The second kappa shape index (κ2) is 7.87. The molecule has 6 nitrogen and oxygen atoms in total. The van der Waals surface area contributed by atoms with Crippen LogP contribution in [0.1, 0.15) is 18.1 Å². The number of hydrazine groups is 1. The SMILES string of the molecule is CCOC(=O)CNN1C(=O)/C(=C\c2ccc(C#N)cc2)SC1=S. The van der Waals surface area contributed by atoms with Gasteiger partial charge in [0.25, 0.3) is 5.91 Å². The lowest BCUT2D eigenvalue weighted by Crippen LogP contribution is -2.44. The molecule has 8 heteroatoms. The maximum absolute atomic E-state index is 12.3. The van der Waals surface area contributed by atoms with Crippen LogP contribution in [0.15, 0.2) is 29.2 Å². The Morgan fingerprint density at radius 1 is 1.48 bits per heavy atom. The first-order valence-corrected chi connectivity index (χ1v) is 7.95. The minimum atomic E-state index is -0.461. The predicted octanol–water partition coefficient (Wildman–Crippen LogP) is 1.83. The summed E-state index contributed by atoms with van der Waals surface area (Å²) in [5, 5.41) is 9.93. The standard InChI is InChI=1S/C15H13N3O3S2/c1-2-21-13(19)9-17-18-14(20)12(23-15(18)22)7-10-3-5-11(8-16)6-4-10/h3-7,17H,2,9H2,1H3/b12-7+. The van der Waals surface area contributed by atoms with Crippen molar-refractivity contribution in [1.82, 2.24) is 10.4 Å². The fourth-order valence-corrected chi connectivity index (χ4v) is 2.98. The first kappa shape index (κ1) is 17.1. The van der Waals surface area contributed by atoms with Crippen LogP contribution in [-0.2, 0) is 14.3 Å². The highest BCUT2D eigenvalue weighted by Crippen LogP contribution is 2.31. The first-order chi connectivity index (χ1) is 11.0. The number of carbonyl (C=O) groups is 2. The molecule has 1 amide bonds. The van der Waals surface area contributed by atoms with Crippen LogP contribution in [0.5, 0.6) is 0 Å². The van der Waals surface area contributed by atoms with Crippen LogP contribution in [0, 0.1) is 11.3 Å². The molecule has 1 aromatic carbocycles. The van der Waals surface area contributed by atoms with Crippen LogP contribution >= 0.6 is 24.0 Å². The molecule has 2 rings (SSSR count). The second-order valence-corrected chi connectivity index (χ2v) is 6.07. The van der Waals surface area contributed by atoms with Crippen molar-refractivity contribution in [3.63, 3.8) is 0 Å². The zero-order valence-electron chi connectivity index (χ0n) is 12.2. The van der Waals surface area contributed by atoms with Crippen LogP contribution < -0.4 is 5.43 Å². The average molecular weight is 347 g/mol. The lowest BCUT2D eigenvalue weighted by molar-refractivity contribution is -0.143. The van der Waals surface area contributed by atoms with Crippen molar-refractivity contribution in [2.75, 3.05) is 13.2 Å². The van der Waals surface area contributed by atoms with Gasteiger partial charge in [0.1, 0.15) is 6.54 Å². The summed E-state index contributed by atoms with van der Waals surface area (Å²) in [7, 11) is 0. The predicted molar refractivity (Wildman–Crippen MR) is 90.8 cm³/mol. The Morgan fingerprint density at radius 3 is 2.78 bits per heavy atom. The summed E-state index contributed by atoms with van der Waals surface area (Å²) >= 11 is 6.28. The molecule has 1 heterocycles. The monoisotopic (exact) mass is 347 g/mol. The number of thioether (sulfide) groups is 1. The van der Waals surface area contributed by atoms with E-state index < -0.39 is 5.97 Å². The quantitative estimate of drug-likeness (QED) is 0.494. The number of nitriles is 1. The van der Waals surface area contributed by atoms with Crippen molar-refractivity contribution >= 4 is 46.3 Å². The van der Waals surface area contributed by atoms with Crippen molar-refractivity contribution in [3.05, 3.63) is 40.3 Å². The molecule has 1 aliphatic rings. The number of esters is 1. The molecule has 0 aromatic heterocycles. The molecule has 0 radical (unpaired) electrons. The number of hydrogen-bond acceptors (Lipinski definition) is 7. The van der Waals surface area contributed by atoms with Crippen LogP contribution in [0.25, 0.3) is 6.08 Å². The van der Waals surface area contributed by atoms with Gasteiger partial charge in [0.2, 0.25) is 0 Å². The highest BCUT2D eigenvalue weighted by molar-refractivity contribution is 8.26. The van der Waals surface area contributed by atoms with E-state index in [1.54, 1.807) is 37.3 Å². The number of nitrogens with one attached hydrogen (secondary N) is 1. The van der Waals surface area contributed by atoms with Gasteiger partial charge in [0.15, 0.2) is 4.32 Å². The summed E-state index contributed by atoms with van der Waals surface area (Å²) in [5.74, 6) is -0.786. The molecule has 0 atom stereocenters. The van der Waals surface area contributed by atoms with Gasteiger partial charge in [-0.15, -0.1) is 0 Å². The molecule has 1 aliphatic heterocycles. The van der Waals surface area contributed by atoms with E-state index in [1.165, 1.54) is 0 Å². The highest BCUT2D eigenvalue weighted by atomic mass is 32.2. The van der Waals surface area contributed by atoms with Crippen molar-refractivity contribution in [3.8, 4) is 6.07 Å². The second-order valence-electron chi connectivity index (χ2n) is 4.39. The maximum Gasteiger partial charge on any atom is 0.321 e. The third-order valence-electron chi connectivity index (χ3n) is 2.82. The molecule has 1 fully saturated rings. The number of nitrogens with zero attached hydrogens (tertiary/aromatic N) is 2. The first-order valence-electron chi connectivity index (χ1n) is 6.72. The van der Waals surface area contributed by atoms with Gasteiger partial charge in [-0.3, -0.25) is 9.59 Å². The largest absolute Gasteiger partial charge is 0.465 e. The number of rotatable bonds is 5. The zero-order valence-corrected chi connectivity index (χ0v) is 13.9. The minimum Gasteiger partial charge on any atom is -0.465 e. The van der Waals surface area contributed by atoms with Crippen molar-refractivity contribution in [1.29, 1.82) is 5.26 Å². The lowest BCUT2D eigenvalue weighted by atomic mass is 10.1. The van der Waals surface area contributed by atoms with Gasteiger partial charge >= 0.3 is 5.97 Å². The molecule has 1 aromatic rings. The Morgan fingerprint density at radius 2 is 2.17 bits per heavy atom. The smallest absolute Gasteiger partial charge is 0.321 e. The van der Waals surface area contributed by atoms with E-state index in [0.717, 1.165) is 22.3 Å². The fourth-order valence-electron chi connectivity index (χ4n) is 1.76. The summed E-state index contributed by atoms with van der Waals surface area (Å²) in [6.07, 6.45) is 1.69. The van der Waals surface area contributed by atoms with Gasteiger partial charge < -0.3 is 4.74 Å². The average Bonchev–Trinajstić information content (AvgIpc) is 2.80. The molecular weight excluding hydrogens is 334 g/mol. The number of amides is 1. The number of ether oxygens (including phenoxy) is 1. The van der Waals surface area contributed by atoms with Crippen molar-refractivity contribution in [2.45, 2.75) is 6.92 Å². The number of carbonyl (C=O) groups excluding carboxylic acids is 2. The van der Waals surface area contributed by atoms with Crippen LogP contribution in [0.3, 0.4) is 0 Å². The van der Waals surface area contributed by atoms with Crippen LogP contribution in [0.4, 0.5) is 0 Å². The Bertz CT molecular complexity index is 708. The lowest BCUT2D eigenvalue weighted by Gasteiger charge is -2.14. The molecule has 1 N–H and O–H groups in total. The highest BCUT2D eigenvalue weighted by Gasteiger charge is 2.32.